The smallest absolute Gasteiger partial charge is 0.232 e. The van der Waals surface area contributed by atoms with Gasteiger partial charge < -0.3 is 4.42 Å². The van der Waals surface area contributed by atoms with Crippen LogP contribution in [0.15, 0.2) is 33.4 Å². The highest BCUT2D eigenvalue weighted by Gasteiger charge is 2.23. The van der Waals surface area contributed by atoms with E-state index in [1.54, 1.807) is 0 Å². The summed E-state index contributed by atoms with van der Waals surface area (Å²) in [4.78, 5) is 11.8. The predicted molar refractivity (Wildman–Crippen MR) is 56.2 cm³/mol. The molecule has 0 unspecified atom stereocenters. The third-order valence-corrected chi connectivity index (χ3v) is 2.73. The minimum atomic E-state index is -1.68. The summed E-state index contributed by atoms with van der Waals surface area (Å²) in [7, 11) is 0. The van der Waals surface area contributed by atoms with Crippen LogP contribution in [0.25, 0.3) is 0 Å². The van der Waals surface area contributed by atoms with E-state index >= 15 is 0 Å². The van der Waals surface area contributed by atoms with Crippen molar-refractivity contribution >= 4 is 21.7 Å². The van der Waals surface area contributed by atoms with Gasteiger partial charge in [0.2, 0.25) is 5.78 Å². The summed E-state index contributed by atoms with van der Waals surface area (Å²) < 4.78 is 44.1. The summed E-state index contributed by atoms with van der Waals surface area (Å²) in [5, 5.41) is 0. The van der Waals surface area contributed by atoms with Crippen molar-refractivity contribution in [2.75, 3.05) is 0 Å². The Balaban J connectivity index is 2.53. The lowest BCUT2D eigenvalue weighted by molar-refractivity contribution is 0.100. The summed E-state index contributed by atoms with van der Waals surface area (Å²) in [5.41, 5.74) is -0.584. The molecule has 0 bridgehead atoms. The van der Waals surface area contributed by atoms with Crippen LogP contribution < -0.4 is 0 Å². The Morgan fingerprint density at radius 3 is 2.41 bits per heavy atom. The van der Waals surface area contributed by atoms with Crippen molar-refractivity contribution in [2.45, 2.75) is 0 Å². The van der Waals surface area contributed by atoms with Gasteiger partial charge in [-0.2, -0.15) is 0 Å². The van der Waals surface area contributed by atoms with Crippen LogP contribution in [-0.2, 0) is 0 Å². The van der Waals surface area contributed by atoms with Gasteiger partial charge >= 0.3 is 0 Å². The molecule has 1 heterocycles. The lowest BCUT2D eigenvalue weighted by Gasteiger charge is -2.02. The molecule has 0 aliphatic carbocycles. The highest BCUT2D eigenvalue weighted by atomic mass is 79.9. The normalized spacial score (nSPS) is 10.6. The molecule has 2 rings (SSSR count). The molecule has 1 aromatic carbocycles. The van der Waals surface area contributed by atoms with Crippen molar-refractivity contribution in [1.82, 2.24) is 0 Å². The van der Waals surface area contributed by atoms with Gasteiger partial charge in [-0.25, -0.2) is 13.2 Å². The molecule has 1 aromatic heterocycles. The van der Waals surface area contributed by atoms with Gasteiger partial charge in [0.25, 0.3) is 0 Å². The van der Waals surface area contributed by atoms with Crippen molar-refractivity contribution in [2.24, 2.45) is 0 Å². The average molecular weight is 305 g/mol. The van der Waals surface area contributed by atoms with Crippen LogP contribution in [0.2, 0.25) is 0 Å². The Bertz CT molecular complexity index is 592. The first-order chi connectivity index (χ1) is 8.02. The number of benzene rings is 1. The van der Waals surface area contributed by atoms with Gasteiger partial charge in [-0.1, -0.05) is 0 Å². The maximum absolute atomic E-state index is 13.3. The van der Waals surface area contributed by atoms with E-state index in [9.17, 15) is 18.0 Å². The first kappa shape index (κ1) is 11.9. The molecule has 0 amide bonds. The largest absolute Gasteiger partial charge is 0.460 e. The van der Waals surface area contributed by atoms with Gasteiger partial charge in [0.15, 0.2) is 23.2 Å². The molecule has 0 spiro atoms. The van der Waals surface area contributed by atoms with Gasteiger partial charge in [-0.15, -0.1) is 0 Å². The second kappa shape index (κ2) is 4.37. The Labute approximate surface area is 102 Å². The third kappa shape index (κ3) is 2.00. The van der Waals surface area contributed by atoms with Crippen LogP contribution in [-0.4, -0.2) is 5.78 Å². The van der Waals surface area contributed by atoms with Crippen LogP contribution in [0.4, 0.5) is 13.2 Å². The van der Waals surface area contributed by atoms with Gasteiger partial charge in [-0.3, -0.25) is 4.79 Å². The number of halogens is 4. The predicted octanol–water partition coefficient (Wildman–Crippen LogP) is 3.69. The van der Waals surface area contributed by atoms with Crippen LogP contribution >= 0.6 is 15.9 Å². The topological polar surface area (TPSA) is 30.2 Å². The monoisotopic (exact) mass is 304 g/mol. The van der Waals surface area contributed by atoms with E-state index in [1.165, 1.54) is 12.3 Å². The zero-order chi connectivity index (χ0) is 12.6. The summed E-state index contributed by atoms with van der Waals surface area (Å²) in [6, 6.07) is 2.98. The third-order valence-electron chi connectivity index (χ3n) is 2.10. The maximum atomic E-state index is 13.3. The minimum absolute atomic E-state index is 0.171. The Kier molecular flexibility index (Phi) is 3.06. The number of hydrogen-bond donors (Lipinski definition) is 0. The fourth-order valence-corrected chi connectivity index (χ4v) is 1.66. The first-order valence-electron chi connectivity index (χ1n) is 4.43. The quantitative estimate of drug-likeness (QED) is 0.626. The van der Waals surface area contributed by atoms with Gasteiger partial charge in [0, 0.05) is 0 Å². The van der Waals surface area contributed by atoms with Crippen molar-refractivity contribution in [3.05, 3.63) is 57.7 Å². The molecule has 0 atom stereocenters. The highest BCUT2D eigenvalue weighted by Crippen LogP contribution is 2.23. The molecular formula is C11H4BrF3O2. The number of ketones is 1. The van der Waals surface area contributed by atoms with Crippen LogP contribution in [0.3, 0.4) is 0 Å². The van der Waals surface area contributed by atoms with E-state index in [1.807, 2.05) is 0 Å². The molecule has 2 nitrogen and oxygen atoms in total. The molecule has 0 aliphatic rings. The first-order valence-corrected chi connectivity index (χ1v) is 5.23. The van der Waals surface area contributed by atoms with E-state index in [0.29, 0.717) is 10.5 Å². The van der Waals surface area contributed by atoms with Crippen LogP contribution in [0.1, 0.15) is 16.1 Å². The van der Waals surface area contributed by atoms with Crippen molar-refractivity contribution < 1.29 is 22.4 Å². The fraction of sp³-hybridized carbons (Fsp3) is 0. The van der Waals surface area contributed by atoms with Crippen molar-refractivity contribution in [3.8, 4) is 0 Å². The Morgan fingerprint density at radius 1 is 1.12 bits per heavy atom. The molecule has 88 valence electrons. The standard InChI is InChI=1S/C11H4BrF3O2/c12-6-3-4-17-11(6)10(16)5-1-2-7(13)9(15)8(5)14/h1-4H. The number of hydrogen-bond acceptors (Lipinski definition) is 2. The molecule has 17 heavy (non-hydrogen) atoms. The van der Waals surface area contributed by atoms with Crippen molar-refractivity contribution in [3.63, 3.8) is 0 Å². The lowest BCUT2D eigenvalue weighted by atomic mass is 10.1. The van der Waals surface area contributed by atoms with Gasteiger partial charge in [0.05, 0.1) is 16.3 Å². The van der Waals surface area contributed by atoms with Gasteiger partial charge in [-0.05, 0) is 34.1 Å². The number of rotatable bonds is 2. The molecule has 2 aromatic rings. The molecule has 0 N–H and O–H groups in total. The molecule has 0 saturated carbocycles. The lowest BCUT2D eigenvalue weighted by Crippen LogP contribution is -2.06. The SMILES string of the molecule is O=C(c1ccc(F)c(F)c1F)c1occc1Br. The van der Waals surface area contributed by atoms with E-state index in [2.05, 4.69) is 15.9 Å². The highest BCUT2D eigenvalue weighted by molar-refractivity contribution is 9.10. The molecule has 0 saturated heterocycles. The summed E-state index contributed by atoms with van der Waals surface area (Å²) in [5.74, 6) is -5.59. The molecule has 0 radical (unpaired) electrons. The Morgan fingerprint density at radius 2 is 1.82 bits per heavy atom. The molecule has 0 fully saturated rings. The van der Waals surface area contributed by atoms with Crippen LogP contribution in [0.5, 0.6) is 0 Å². The van der Waals surface area contributed by atoms with E-state index in [0.717, 1.165) is 6.07 Å². The fourth-order valence-electron chi connectivity index (χ4n) is 1.28. The van der Waals surface area contributed by atoms with E-state index in [4.69, 9.17) is 4.42 Å². The molecule has 6 heteroatoms. The second-order valence-electron chi connectivity index (χ2n) is 3.15. The Hall–Kier alpha value is -1.56. The summed E-state index contributed by atoms with van der Waals surface area (Å²) in [6.45, 7) is 0. The molecular weight excluding hydrogens is 301 g/mol. The number of carbonyl (C=O) groups is 1. The van der Waals surface area contributed by atoms with E-state index < -0.39 is 28.8 Å². The maximum Gasteiger partial charge on any atom is 0.232 e. The zero-order valence-electron chi connectivity index (χ0n) is 8.14. The molecule has 0 aliphatic heterocycles. The van der Waals surface area contributed by atoms with Crippen LogP contribution in [0, 0.1) is 17.5 Å². The number of furan rings is 1. The number of carbonyl (C=O) groups excluding carboxylic acids is 1. The summed E-state index contributed by atoms with van der Waals surface area (Å²) in [6.07, 6.45) is 1.22. The van der Waals surface area contributed by atoms with E-state index in [-0.39, 0.29) is 5.76 Å². The average Bonchev–Trinajstić information content (AvgIpc) is 2.72. The van der Waals surface area contributed by atoms with Crippen molar-refractivity contribution in [1.29, 1.82) is 0 Å². The zero-order valence-corrected chi connectivity index (χ0v) is 9.72. The summed E-state index contributed by atoms with van der Waals surface area (Å²) >= 11 is 3.02. The minimum Gasteiger partial charge on any atom is -0.460 e. The van der Waals surface area contributed by atoms with Gasteiger partial charge in [0.1, 0.15) is 0 Å². The second-order valence-corrected chi connectivity index (χ2v) is 4.00.